The predicted octanol–water partition coefficient (Wildman–Crippen LogP) is 4.41. The van der Waals surface area contributed by atoms with Gasteiger partial charge >= 0.3 is 0 Å². The van der Waals surface area contributed by atoms with Gasteiger partial charge in [-0.2, -0.15) is 0 Å². The van der Waals surface area contributed by atoms with E-state index in [4.69, 9.17) is 9.47 Å². The third-order valence-corrected chi connectivity index (χ3v) is 4.66. The molecule has 0 saturated carbocycles. The zero-order valence-corrected chi connectivity index (χ0v) is 14.6. The number of hydrogen-bond donors (Lipinski definition) is 0. The van der Waals surface area contributed by atoms with E-state index >= 15 is 0 Å². The molecule has 0 bridgehead atoms. The van der Waals surface area contributed by atoms with Gasteiger partial charge in [0, 0.05) is 22.0 Å². The van der Waals surface area contributed by atoms with Gasteiger partial charge in [-0.1, -0.05) is 31.2 Å². The Bertz CT molecular complexity index is 688. The fraction of sp³-hybridized carbons (Fsp3) is 0.316. The van der Waals surface area contributed by atoms with E-state index in [0.717, 1.165) is 29.7 Å². The highest BCUT2D eigenvalue weighted by Crippen LogP contribution is 2.27. The van der Waals surface area contributed by atoms with Gasteiger partial charge in [0.1, 0.15) is 11.9 Å². The van der Waals surface area contributed by atoms with E-state index < -0.39 is 0 Å². The second kappa shape index (κ2) is 7.28. The number of ether oxygens (including phenoxy) is 2. The van der Waals surface area contributed by atoms with Crippen molar-refractivity contribution < 1.29 is 14.3 Å². The molecule has 2 aromatic rings. The predicted molar refractivity (Wildman–Crippen MR) is 93.2 cm³/mol. The molecule has 0 spiro atoms. The fourth-order valence-corrected chi connectivity index (χ4v) is 3.14. The molecule has 23 heavy (non-hydrogen) atoms. The van der Waals surface area contributed by atoms with E-state index in [9.17, 15) is 4.79 Å². The van der Waals surface area contributed by atoms with Gasteiger partial charge in [-0.15, -0.1) is 0 Å². The van der Waals surface area contributed by atoms with Crippen LogP contribution >= 0.6 is 15.9 Å². The van der Waals surface area contributed by atoms with Crippen molar-refractivity contribution in [2.45, 2.75) is 25.9 Å². The summed E-state index contributed by atoms with van der Waals surface area (Å²) < 4.78 is 11.9. The molecular formula is C19H19BrO3. The Balaban J connectivity index is 1.77. The summed E-state index contributed by atoms with van der Waals surface area (Å²) >= 11 is 3.49. The van der Waals surface area contributed by atoms with E-state index in [1.807, 2.05) is 42.5 Å². The van der Waals surface area contributed by atoms with Gasteiger partial charge < -0.3 is 9.47 Å². The number of hydrogen-bond acceptors (Lipinski definition) is 3. The highest BCUT2D eigenvalue weighted by atomic mass is 79.9. The Morgan fingerprint density at radius 2 is 2.04 bits per heavy atom. The van der Waals surface area contributed by atoms with Gasteiger partial charge in [0.15, 0.2) is 5.78 Å². The summed E-state index contributed by atoms with van der Waals surface area (Å²) in [6.45, 7) is 3.47. The summed E-state index contributed by atoms with van der Waals surface area (Å²) in [7, 11) is 0. The summed E-state index contributed by atoms with van der Waals surface area (Å²) in [4.78, 5) is 12.6. The number of benzene rings is 2. The molecule has 1 saturated heterocycles. The minimum Gasteiger partial charge on any atom is -0.488 e. The Kier molecular flexibility index (Phi) is 5.13. The van der Waals surface area contributed by atoms with Crippen molar-refractivity contribution >= 4 is 21.7 Å². The summed E-state index contributed by atoms with van der Waals surface area (Å²) in [5.41, 5.74) is 2.56. The number of rotatable bonds is 5. The third-order valence-electron chi connectivity index (χ3n) is 4.00. The van der Waals surface area contributed by atoms with Crippen LogP contribution in [-0.2, 0) is 11.2 Å². The second-order valence-electron chi connectivity index (χ2n) is 5.62. The first-order valence-corrected chi connectivity index (χ1v) is 8.64. The molecule has 1 aliphatic heterocycles. The average molecular weight is 375 g/mol. The molecule has 1 aliphatic rings. The highest BCUT2D eigenvalue weighted by molar-refractivity contribution is 9.10. The third kappa shape index (κ3) is 3.82. The average Bonchev–Trinajstić information content (AvgIpc) is 3.07. The van der Waals surface area contributed by atoms with E-state index in [0.29, 0.717) is 17.7 Å². The zero-order valence-electron chi connectivity index (χ0n) is 13.0. The molecule has 0 radical (unpaired) electrons. The van der Waals surface area contributed by atoms with E-state index in [2.05, 4.69) is 22.9 Å². The number of carbonyl (C=O) groups is 1. The van der Waals surface area contributed by atoms with Crippen molar-refractivity contribution in [3.8, 4) is 5.75 Å². The maximum Gasteiger partial charge on any atom is 0.194 e. The number of aryl methyl sites for hydroxylation is 1. The van der Waals surface area contributed by atoms with Crippen LogP contribution in [0.25, 0.3) is 0 Å². The summed E-state index contributed by atoms with van der Waals surface area (Å²) in [6.07, 6.45) is 1.97. The molecule has 2 aromatic carbocycles. The topological polar surface area (TPSA) is 35.5 Å². The molecule has 120 valence electrons. The molecule has 0 amide bonds. The minimum atomic E-state index is 0.00952. The molecule has 0 N–H and O–H groups in total. The summed E-state index contributed by atoms with van der Waals surface area (Å²) in [6, 6.07) is 13.3. The van der Waals surface area contributed by atoms with Crippen molar-refractivity contribution in [1.29, 1.82) is 0 Å². The fourth-order valence-electron chi connectivity index (χ4n) is 2.60. The van der Waals surface area contributed by atoms with Gasteiger partial charge in [-0.05, 0) is 46.1 Å². The molecule has 1 atom stereocenters. The zero-order chi connectivity index (χ0) is 16.2. The van der Waals surface area contributed by atoms with Crippen molar-refractivity contribution in [2.75, 3.05) is 13.2 Å². The van der Waals surface area contributed by atoms with Crippen molar-refractivity contribution in [1.82, 2.24) is 0 Å². The molecule has 1 heterocycles. The lowest BCUT2D eigenvalue weighted by Gasteiger charge is -2.13. The summed E-state index contributed by atoms with van der Waals surface area (Å²) in [5.74, 6) is 0.764. The second-order valence-corrected chi connectivity index (χ2v) is 6.48. The first-order chi connectivity index (χ1) is 11.2. The number of carbonyl (C=O) groups excluding carboxylic acids is 1. The monoisotopic (exact) mass is 374 g/mol. The first kappa shape index (κ1) is 16.2. The molecular weight excluding hydrogens is 356 g/mol. The van der Waals surface area contributed by atoms with Crippen LogP contribution in [0.3, 0.4) is 0 Å². The first-order valence-electron chi connectivity index (χ1n) is 7.85. The lowest BCUT2D eigenvalue weighted by Crippen LogP contribution is -2.15. The van der Waals surface area contributed by atoms with E-state index in [1.54, 1.807) is 0 Å². The Labute approximate surface area is 144 Å². The molecule has 0 unspecified atom stereocenters. The normalized spacial score (nSPS) is 17.2. The van der Waals surface area contributed by atoms with Crippen LogP contribution < -0.4 is 4.74 Å². The lowest BCUT2D eigenvalue weighted by atomic mass is 10.0. The maximum absolute atomic E-state index is 12.6. The van der Waals surface area contributed by atoms with Crippen molar-refractivity contribution in [2.24, 2.45) is 0 Å². The van der Waals surface area contributed by atoms with E-state index in [-0.39, 0.29) is 11.9 Å². The van der Waals surface area contributed by atoms with Crippen LogP contribution in [0, 0.1) is 0 Å². The van der Waals surface area contributed by atoms with Crippen LogP contribution in [0.5, 0.6) is 5.75 Å². The van der Waals surface area contributed by atoms with Crippen molar-refractivity contribution in [3.63, 3.8) is 0 Å². The number of halogens is 1. The van der Waals surface area contributed by atoms with Crippen LogP contribution in [0.2, 0.25) is 0 Å². The van der Waals surface area contributed by atoms with Crippen molar-refractivity contribution in [3.05, 3.63) is 63.6 Å². The quantitative estimate of drug-likeness (QED) is 0.727. The smallest absolute Gasteiger partial charge is 0.194 e. The van der Waals surface area contributed by atoms with E-state index in [1.165, 1.54) is 5.56 Å². The SMILES string of the molecule is CCc1ccc(C(=O)c2ccc(O[C@@H]3CCOC3)cc2Br)cc1. The Hall–Kier alpha value is -1.65. The maximum atomic E-state index is 12.6. The van der Waals surface area contributed by atoms with Gasteiger partial charge in [0.2, 0.25) is 0 Å². The molecule has 1 fully saturated rings. The van der Waals surface area contributed by atoms with Gasteiger partial charge in [-0.3, -0.25) is 4.79 Å². The molecule has 3 rings (SSSR count). The van der Waals surface area contributed by atoms with Crippen LogP contribution in [0.1, 0.15) is 34.8 Å². The molecule has 0 aliphatic carbocycles. The largest absolute Gasteiger partial charge is 0.488 e. The van der Waals surface area contributed by atoms with Gasteiger partial charge in [0.25, 0.3) is 0 Å². The van der Waals surface area contributed by atoms with Gasteiger partial charge in [0.05, 0.1) is 13.2 Å². The summed E-state index contributed by atoms with van der Waals surface area (Å²) in [5, 5.41) is 0. The molecule has 4 heteroatoms. The number of ketones is 1. The molecule has 0 aromatic heterocycles. The lowest BCUT2D eigenvalue weighted by molar-refractivity contribution is 0.103. The van der Waals surface area contributed by atoms with Crippen LogP contribution in [-0.4, -0.2) is 25.1 Å². The Morgan fingerprint density at radius 1 is 1.26 bits per heavy atom. The standard InChI is InChI=1S/C19H19BrO3/c1-2-13-3-5-14(6-4-13)19(21)17-8-7-15(11-18(17)20)23-16-9-10-22-12-16/h3-8,11,16H,2,9-10,12H2,1H3/t16-/m1/s1. The highest BCUT2D eigenvalue weighted by Gasteiger charge is 2.18. The minimum absolute atomic E-state index is 0.00952. The van der Waals surface area contributed by atoms with Gasteiger partial charge in [-0.25, -0.2) is 0 Å². The van der Waals surface area contributed by atoms with Crippen LogP contribution in [0.4, 0.5) is 0 Å². The molecule has 3 nitrogen and oxygen atoms in total. The Morgan fingerprint density at radius 3 is 2.65 bits per heavy atom. The van der Waals surface area contributed by atoms with Crippen LogP contribution in [0.15, 0.2) is 46.9 Å².